The summed E-state index contributed by atoms with van der Waals surface area (Å²) in [6.45, 7) is 0. The lowest BCUT2D eigenvalue weighted by atomic mass is 10.0. The average molecular weight is 379 g/mol. The van der Waals surface area contributed by atoms with Crippen LogP contribution in [0.3, 0.4) is 0 Å². The fraction of sp³-hybridized carbons (Fsp3) is 0.118. The number of anilines is 1. The lowest BCUT2D eigenvalue weighted by Gasteiger charge is -2.10. The molecule has 3 rings (SSSR count). The van der Waals surface area contributed by atoms with Crippen molar-refractivity contribution >= 4 is 46.5 Å². The number of halogens is 2. The van der Waals surface area contributed by atoms with Crippen LogP contribution in [0.15, 0.2) is 47.6 Å². The molecule has 0 bridgehead atoms. The Morgan fingerprint density at radius 1 is 1.16 bits per heavy atom. The van der Waals surface area contributed by atoms with Crippen LogP contribution in [-0.2, 0) is 9.63 Å². The number of amides is 1. The molecule has 0 aliphatic carbocycles. The molecule has 1 atom stereocenters. The van der Waals surface area contributed by atoms with Gasteiger partial charge in [-0.3, -0.25) is 4.79 Å². The zero-order valence-corrected chi connectivity index (χ0v) is 14.2. The number of carboxylic acids is 1. The molecule has 0 radical (unpaired) electrons. The lowest BCUT2D eigenvalue weighted by molar-refractivity contribution is -0.125. The van der Waals surface area contributed by atoms with Crippen molar-refractivity contribution < 1.29 is 19.5 Å². The SMILES string of the molecule is O=C(O)c1ccc(NC(=O)C2CC(c3ccc(Cl)cc3Cl)=NO2)cc1. The smallest absolute Gasteiger partial charge is 0.335 e. The number of hydrogen-bond acceptors (Lipinski definition) is 4. The van der Waals surface area contributed by atoms with E-state index in [1.54, 1.807) is 18.2 Å². The van der Waals surface area contributed by atoms with Crippen LogP contribution >= 0.6 is 23.2 Å². The molecule has 0 aromatic heterocycles. The molecule has 0 saturated carbocycles. The van der Waals surface area contributed by atoms with Gasteiger partial charge in [0.2, 0.25) is 6.10 Å². The standard InChI is InChI=1S/C17H12Cl2N2O4/c18-10-3-6-12(13(19)7-10)14-8-15(25-21-14)16(22)20-11-4-1-9(2-5-11)17(23)24/h1-7,15H,8H2,(H,20,22)(H,23,24). The molecule has 2 N–H and O–H groups in total. The van der Waals surface area contributed by atoms with Crippen molar-refractivity contribution in [1.29, 1.82) is 0 Å². The van der Waals surface area contributed by atoms with Crippen molar-refractivity contribution in [3.05, 3.63) is 63.6 Å². The van der Waals surface area contributed by atoms with E-state index in [1.807, 2.05) is 0 Å². The summed E-state index contributed by atoms with van der Waals surface area (Å²) in [4.78, 5) is 28.3. The Labute approximate surface area is 153 Å². The predicted octanol–water partition coefficient (Wildman–Crippen LogP) is 3.82. The molecular weight excluding hydrogens is 367 g/mol. The van der Waals surface area contributed by atoms with Gasteiger partial charge < -0.3 is 15.3 Å². The number of carbonyl (C=O) groups is 2. The third-order valence-electron chi connectivity index (χ3n) is 3.60. The van der Waals surface area contributed by atoms with E-state index < -0.39 is 12.1 Å². The Kier molecular flexibility index (Phi) is 4.92. The van der Waals surface area contributed by atoms with E-state index >= 15 is 0 Å². The Morgan fingerprint density at radius 2 is 1.88 bits per heavy atom. The topological polar surface area (TPSA) is 88.0 Å². The molecular formula is C17H12Cl2N2O4. The van der Waals surface area contributed by atoms with E-state index in [0.29, 0.717) is 27.0 Å². The van der Waals surface area contributed by atoms with E-state index in [0.717, 1.165) is 0 Å². The van der Waals surface area contributed by atoms with E-state index in [1.165, 1.54) is 24.3 Å². The summed E-state index contributed by atoms with van der Waals surface area (Å²) in [5.74, 6) is -1.42. The molecule has 1 unspecified atom stereocenters. The van der Waals surface area contributed by atoms with E-state index in [9.17, 15) is 9.59 Å². The van der Waals surface area contributed by atoms with Gasteiger partial charge in [0.05, 0.1) is 16.3 Å². The second kappa shape index (κ2) is 7.13. The Bertz CT molecular complexity index is 865. The first-order valence-corrected chi connectivity index (χ1v) is 8.02. The van der Waals surface area contributed by atoms with Crippen LogP contribution < -0.4 is 5.32 Å². The first-order chi connectivity index (χ1) is 11.9. The zero-order valence-electron chi connectivity index (χ0n) is 12.7. The van der Waals surface area contributed by atoms with Crippen LogP contribution in [0.1, 0.15) is 22.3 Å². The number of rotatable bonds is 4. The van der Waals surface area contributed by atoms with Crippen molar-refractivity contribution in [2.24, 2.45) is 5.16 Å². The highest BCUT2D eigenvalue weighted by Gasteiger charge is 2.29. The Balaban J connectivity index is 1.64. The molecule has 128 valence electrons. The second-order valence-corrected chi connectivity index (χ2v) is 6.18. The van der Waals surface area contributed by atoms with Gasteiger partial charge in [-0.1, -0.05) is 34.4 Å². The second-order valence-electron chi connectivity index (χ2n) is 5.33. The quantitative estimate of drug-likeness (QED) is 0.845. The highest BCUT2D eigenvalue weighted by Crippen LogP contribution is 2.26. The minimum Gasteiger partial charge on any atom is -0.478 e. The fourth-order valence-electron chi connectivity index (χ4n) is 2.32. The summed E-state index contributed by atoms with van der Waals surface area (Å²) in [5.41, 5.74) is 1.82. The molecule has 8 heteroatoms. The third kappa shape index (κ3) is 3.92. The largest absolute Gasteiger partial charge is 0.478 e. The van der Waals surface area contributed by atoms with Gasteiger partial charge in [-0.25, -0.2) is 4.79 Å². The van der Waals surface area contributed by atoms with Crippen molar-refractivity contribution in [2.75, 3.05) is 5.32 Å². The van der Waals surface area contributed by atoms with Gasteiger partial charge in [-0.2, -0.15) is 0 Å². The minimum atomic E-state index is -1.03. The van der Waals surface area contributed by atoms with E-state index in [4.69, 9.17) is 33.1 Å². The van der Waals surface area contributed by atoms with Crippen LogP contribution in [0.25, 0.3) is 0 Å². The molecule has 1 aliphatic heterocycles. The lowest BCUT2D eigenvalue weighted by Crippen LogP contribution is -2.28. The van der Waals surface area contributed by atoms with Gasteiger partial charge in [0, 0.05) is 22.7 Å². The number of carboxylic acid groups (broad SMARTS) is 1. The number of carbonyl (C=O) groups excluding carboxylic acids is 1. The van der Waals surface area contributed by atoms with Gasteiger partial charge in [0.25, 0.3) is 5.91 Å². The van der Waals surface area contributed by atoms with Crippen LogP contribution in [-0.4, -0.2) is 28.8 Å². The highest BCUT2D eigenvalue weighted by atomic mass is 35.5. The molecule has 0 saturated heterocycles. The number of hydrogen-bond donors (Lipinski definition) is 2. The van der Waals surface area contributed by atoms with Crippen LogP contribution in [0.4, 0.5) is 5.69 Å². The molecule has 1 aliphatic rings. The molecule has 2 aromatic carbocycles. The predicted molar refractivity (Wildman–Crippen MR) is 94.5 cm³/mol. The van der Waals surface area contributed by atoms with Crippen LogP contribution in [0.2, 0.25) is 10.0 Å². The highest BCUT2D eigenvalue weighted by molar-refractivity contribution is 6.37. The Morgan fingerprint density at radius 3 is 2.52 bits per heavy atom. The molecule has 1 heterocycles. The van der Waals surface area contributed by atoms with E-state index in [2.05, 4.69) is 10.5 Å². The number of aromatic carboxylic acids is 1. The normalized spacial score (nSPS) is 16.1. The van der Waals surface area contributed by atoms with Crippen molar-refractivity contribution in [3.8, 4) is 0 Å². The molecule has 0 fully saturated rings. The average Bonchev–Trinajstić information content (AvgIpc) is 3.05. The summed E-state index contributed by atoms with van der Waals surface area (Å²) < 4.78 is 0. The maximum absolute atomic E-state index is 12.3. The third-order valence-corrected chi connectivity index (χ3v) is 4.15. The number of benzene rings is 2. The van der Waals surface area contributed by atoms with Crippen LogP contribution in [0.5, 0.6) is 0 Å². The molecule has 6 nitrogen and oxygen atoms in total. The van der Waals surface area contributed by atoms with Crippen molar-refractivity contribution in [2.45, 2.75) is 12.5 Å². The van der Waals surface area contributed by atoms with Crippen LogP contribution in [0, 0.1) is 0 Å². The first kappa shape index (κ1) is 17.3. The summed E-state index contributed by atoms with van der Waals surface area (Å²) in [7, 11) is 0. The van der Waals surface area contributed by atoms with Gasteiger partial charge in [-0.15, -0.1) is 0 Å². The molecule has 2 aromatic rings. The van der Waals surface area contributed by atoms with Gasteiger partial charge in [-0.05, 0) is 36.4 Å². The van der Waals surface area contributed by atoms with Gasteiger partial charge >= 0.3 is 5.97 Å². The fourth-order valence-corrected chi connectivity index (χ4v) is 2.84. The number of nitrogens with zero attached hydrogens (tertiary/aromatic N) is 1. The number of oxime groups is 1. The zero-order chi connectivity index (χ0) is 18.0. The summed E-state index contributed by atoms with van der Waals surface area (Å²) >= 11 is 12.0. The van der Waals surface area contributed by atoms with Gasteiger partial charge in [0.1, 0.15) is 0 Å². The molecule has 1 amide bonds. The van der Waals surface area contributed by atoms with Crippen molar-refractivity contribution in [3.63, 3.8) is 0 Å². The summed E-state index contributed by atoms with van der Waals surface area (Å²) in [6.07, 6.45) is -0.527. The number of nitrogens with one attached hydrogen (secondary N) is 1. The van der Waals surface area contributed by atoms with E-state index in [-0.39, 0.29) is 17.9 Å². The molecule has 0 spiro atoms. The maximum atomic E-state index is 12.3. The maximum Gasteiger partial charge on any atom is 0.335 e. The summed E-state index contributed by atoms with van der Waals surface area (Å²) in [5, 5.41) is 16.4. The van der Waals surface area contributed by atoms with Gasteiger partial charge in [0.15, 0.2) is 0 Å². The first-order valence-electron chi connectivity index (χ1n) is 7.26. The Hall–Kier alpha value is -2.57. The molecule has 25 heavy (non-hydrogen) atoms. The van der Waals surface area contributed by atoms with Crippen molar-refractivity contribution in [1.82, 2.24) is 0 Å². The summed E-state index contributed by atoms with van der Waals surface area (Å²) in [6, 6.07) is 10.8. The minimum absolute atomic E-state index is 0.137. The monoisotopic (exact) mass is 378 g/mol.